The zero-order chi connectivity index (χ0) is 14.8. The second-order valence-corrected chi connectivity index (χ2v) is 5.10. The van der Waals surface area contributed by atoms with Crippen molar-refractivity contribution in [2.24, 2.45) is 15.9 Å². The molecular weight excluding hydrogens is 270 g/mol. The van der Waals surface area contributed by atoms with E-state index in [-0.39, 0.29) is 23.7 Å². The predicted molar refractivity (Wildman–Crippen MR) is 69.4 cm³/mol. The summed E-state index contributed by atoms with van der Waals surface area (Å²) in [6.45, 7) is 0.540. The Morgan fingerprint density at radius 3 is 2.85 bits per heavy atom. The van der Waals surface area contributed by atoms with E-state index in [9.17, 15) is 13.6 Å². The van der Waals surface area contributed by atoms with Crippen LogP contribution < -0.4 is 0 Å². The molecule has 1 N–H and O–H groups in total. The monoisotopic (exact) mass is 286 g/mol. The first-order valence-electron chi connectivity index (χ1n) is 6.41. The number of alkyl halides is 2. The first kappa shape index (κ1) is 14.6. The molecule has 1 aliphatic heterocycles. The second-order valence-electron chi connectivity index (χ2n) is 5.10. The first-order valence-corrected chi connectivity index (χ1v) is 6.41. The lowest BCUT2D eigenvalue weighted by Crippen LogP contribution is -2.25. The van der Waals surface area contributed by atoms with E-state index in [4.69, 9.17) is 9.84 Å². The highest BCUT2D eigenvalue weighted by atomic mass is 19.3. The van der Waals surface area contributed by atoms with Crippen LogP contribution in [0, 0.1) is 5.92 Å². The molecule has 0 saturated heterocycles. The van der Waals surface area contributed by atoms with Crippen molar-refractivity contribution in [2.75, 3.05) is 13.2 Å². The highest BCUT2D eigenvalue weighted by molar-refractivity contribution is 6.40. The topological polar surface area (TPSA) is 71.2 Å². The molecule has 0 bridgehead atoms. The van der Waals surface area contributed by atoms with Crippen LogP contribution in [0.5, 0.6) is 0 Å². The minimum absolute atomic E-state index is 0.0565. The summed E-state index contributed by atoms with van der Waals surface area (Å²) in [7, 11) is 0. The van der Waals surface area contributed by atoms with Crippen LogP contribution in [0.2, 0.25) is 0 Å². The van der Waals surface area contributed by atoms with Crippen LogP contribution >= 0.6 is 0 Å². The second kappa shape index (κ2) is 5.68. The number of halogens is 2. The van der Waals surface area contributed by atoms with Crippen LogP contribution in [0.15, 0.2) is 21.8 Å². The van der Waals surface area contributed by atoms with Gasteiger partial charge in [0.25, 0.3) is 5.92 Å². The van der Waals surface area contributed by atoms with Gasteiger partial charge in [-0.2, -0.15) is 0 Å². The number of rotatable bonds is 5. The van der Waals surface area contributed by atoms with Gasteiger partial charge in [-0.3, -0.25) is 4.99 Å². The Kier molecular flexibility index (Phi) is 4.15. The summed E-state index contributed by atoms with van der Waals surface area (Å²) in [5.41, 5.74) is 0.134. The van der Waals surface area contributed by atoms with E-state index >= 15 is 0 Å². The summed E-state index contributed by atoms with van der Waals surface area (Å²) in [6.07, 6.45) is 3.61. The number of allylic oxidation sites excluding steroid dienone is 1. The average molecular weight is 286 g/mol. The number of ether oxygens (including phenoxy) is 1. The molecule has 5 nitrogen and oxygen atoms in total. The highest BCUT2D eigenvalue weighted by Gasteiger charge is 2.27. The van der Waals surface area contributed by atoms with Crippen LogP contribution in [0.3, 0.4) is 0 Å². The zero-order valence-corrected chi connectivity index (χ0v) is 11.1. The molecule has 2 rings (SSSR count). The van der Waals surface area contributed by atoms with Crippen molar-refractivity contribution >= 4 is 17.6 Å². The molecule has 0 radical (unpaired) electrons. The predicted octanol–water partition coefficient (Wildman–Crippen LogP) is 2.28. The lowest BCUT2D eigenvalue weighted by molar-refractivity contribution is -0.132. The number of nitrogens with zero attached hydrogens (tertiary/aromatic N) is 2. The fourth-order valence-electron chi connectivity index (χ4n) is 1.60. The summed E-state index contributed by atoms with van der Waals surface area (Å²) in [4.78, 5) is 18.5. The SMILES string of the molecule is CC(F)(F)CN=C1CC=C(C(=O)O)N=C1OCC1CC1. The quantitative estimate of drug-likeness (QED) is 0.842. The molecule has 110 valence electrons. The van der Waals surface area contributed by atoms with E-state index in [1.165, 1.54) is 6.08 Å². The van der Waals surface area contributed by atoms with Crippen LogP contribution in [-0.4, -0.2) is 41.8 Å². The number of aliphatic imine (C=N–C) groups is 2. The molecule has 20 heavy (non-hydrogen) atoms. The standard InChI is InChI=1S/C13H16F2N2O3/c1-13(14,15)7-16-9-4-5-10(12(18)19)17-11(9)20-6-8-2-3-8/h5,8H,2-4,6-7H2,1H3,(H,18,19). The molecule has 0 amide bonds. The van der Waals surface area contributed by atoms with Gasteiger partial charge in [0, 0.05) is 13.3 Å². The smallest absolute Gasteiger partial charge is 0.354 e. The fourth-order valence-corrected chi connectivity index (χ4v) is 1.60. The summed E-state index contributed by atoms with van der Waals surface area (Å²) in [5, 5.41) is 8.90. The highest BCUT2D eigenvalue weighted by Crippen LogP contribution is 2.29. The fraction of sp³-hybridized carbons (Fsp3) is 0.615. The number of carboxylic acids is 1. The number of hydrogen-bond acceptors (Lipinski definition) is 4. The van der Waals surface area contributed by atoms with Gasteiger partial charge >= 0.3 is 5.97 Å². The van der Waals surface area contributed by atoms with E-state index in [1.54, 1.807) is 0 Å². The van der Waals surface area contributed by atoms with E-state index in [0.717, 1.165) is 19.8 Å². The molecule has 1 heterocycles. The lowest BCUT2D eigenvalue weighted by atomic mass is 10.1. The normalized spacial score (nSPS) is 21.4. The molecule has 1 fully saturated rings. The maximum Gasteiger partial charge on any atom is 0.354 e. The zero-order valence-electron chi connectivity index (χ0n) is 11.1. The molecule has 1 saturated carbocycles. The van der Waals surface area contributed by atoms with Crippen LogP contribution in [0.1, 0.15) is 26.2 Å². The molecule has 0 aromatic heterocycles. The molecule has 0 aromatic rings. The van der Waals surface area contributed by atoms with E-state index in [0.29, 0.717) is 12.5 Å². The van der Waals surface area contributed by atoms with Crippen molar-refractivity contribution in [3.8, 4) is 0 Å². The van der Waals surface area contributed by atoms with Crippen molar-refractivity contribution in [2.45, 2.75) is 32.1 Å². The Morgan fingerprint density at radius 1 is 1.60 bits per heavy atom. The van der Waals surface area contributed by atoms with Crippen molar-refractivity contribution in [1.29, 1.82) is 0 Å². The summed E-state index contributed by atoms with van der Waals surface area (Å²) < 4.78 is 31.1. The third-order valence-corrected chi connectivity index (χ3v) is 2.88. The maximum absolute atomic E-state index is 12.8. The molecular formula is C13H16F2N2O3. The number of hydrogen-bond donors (Lipinski definition) is 1. The Labute approximate surface area is 115 Å². The van der Waals surface area contributed by atoms with E-state index in [2.05, 4.69) is 9.98 Å². The van der Waals surface area contributed by atoms with Gasteiger partial charge in [0.05, 0.1) is 6.61 Å². The molecule has 2 aliphatic rings. The van der Waals surface area contributed by atoms with Gasteiger partial charge in [0.2, 0.25) is 5.90 Å². The number of carbonyl (C=O) groups is 1. The summed E-state index contributed by atoms with van der Waals surface area (Å²) in [6, 6.07) is 0. The van der Waals surface area contributed by atoms with Gasteiger partial charge in [-0.1, -0.05) is 0 Å². The van der Waals surface area contributed by atoms with Crippen molar-refractivity contribution in [3.63, 3.8) is 0 Å². The molecule has 1 aliphatic carbocycles. The molecule has 0 spiro atoms. The minimum Gasteiger partial charge on any atom is -0.477 e. The molecule has 0 atom stereocenters. The molecule has 0 unspecified atom stereocenters. The van der Waals surface area contributed by atoms with Crippen molar-refractivity contribution in [3.05, 3.63) is 11.8 Å². The Balaban J connectivity index is 2.10. The first-order chi connectivity index (χ1) is 9.35. The lowest BCUT2D eigenvalue weighted by Gasteiger charge is -2.15. The Hall–Kier alpha value is -1.79. The van der Waals surface area contributed by atoms with Gasteiger partial charge in [-0.15, -0.1) is 0 Å². The largest absolute Gasteiger partial charge is 0.477 e. The van der Waals surface area contributed by atoms with Crippen molar-refractivity contribution in [1.82, 2.24) is 0 Å². The number of carboxylic acid groups (broad SMARTS) is 1. The Morgan fingerprint density at radius 2 is 2.30 bits per heavy atom. The van der Waals surface area contributed by atoms with Crippen LogP contribution in [0.4, 0.5) is 8.78 Å². The third kappa shape index (κ3) is 4.40. The van der Waals surface area contributed by atoms with E-state index < -0.39 is 18.4 Å². The third-order valence-electron chi connectivity index (χ3n) is 2.88. The Bertz CT molecular complexity index is 488. The van der Waals surface area contributed by atoms with Gasteiger partial charge in [-0.25, -0.2) is 18.6 Å². The summed E-state index contributed by atoms with van der Waals surface area (Å²) >= 11 is 0. The summed E-state index contributed by atoms with van der Waals surface area (Å²) in [5.74, 6) is -3.57. The van der Waals surface area contributed by atoms with Gasteiger partial charge in [0.15, 0.2) is 0 Å². The molecule has 0 aromatic carbocycles. The van der Waals surface area contributed by atoms with Crippen molar-refractivity contribution < 1.29 is 23.4 Å². The van der Waals surface area contributed by atoms with Crippen LogP contribution in [0.25, 0.3) is 0 Å². The maximum atomic E-state index is 12.8. The van der Waals surface area contributed by atoms with Gasteiger partial charge in [0.1, 0.15) is 18.0 Å². The minimum atomic E-state index is -2.91. The van der Waals surface area contributed by atoms with Gasteiger partial charge < -0.3 is 9.84 Å². The average Bonchev–Trinajstić information content (AvgIpc) is 3.17. The van der Waals surface area contributed by atoms with Crippen LogP contribution in [-0.2, 0) is 9.53 Å². The molecule has 7 heteroatoms. The van der Waals surface area contributed by atoms with Gasteiger partial charge in [-0.05, 0) is 24.8 Å². The number of aliphatic carboxylic acids is 1. The van der Waals surface area contributed by atoms with E-state index in [1.807, 2.05) is 0 Å².